The van der Waals surface area contributed by atoms with Gasteiger partial charge in [0, 0.05) is 21.7 Å². The Morgan fingerprint density at radius 3 is 2.19 bits per heavy atom. The van der Waals surface area contributed by atoms with Gasteiger partial charge in [-0.25, -0.2) is 9.59 Å². The summed E-state index contributed by atoms with van der Waals surface area (Å²) < 4.78 is 5.39. The topological polar surface area (TPSA) is 75.6 Å². The van der Waals surface area contributed by atoms with Crippen LogP contribution < -0.4 is 5.32 Å². The molecule has 3 aromatic rings. The Kier molecular flexibility index (Phi) is 7.21. The number of ether oxygens (including phenoxy) is 1. The van der Waals surface area contributed by atoms with Crippen molar-refractivity contribution in [3.63, 3.8) is 0 Å². The van der Waals surface area contributed by atoms with Gasteiger partial charge in [-0.05, 0) is 77.7 Å². The van der Waals surface area contributed by atoms with E-state index >= 15 is 0 Å². The van der Waals surface area contributed by atoms with Gasteiger partial charge in [0.05, 0.1) is 12.2 Å². The lowest BCUT2D eigenvalue weighted by molar-refractivity contribution is 0.0697. The van der Waals surface area contributed by atoms with E-state index in [9.17, 15) is 9.59 Å². The maximum atomic E-state index is 12.2. The highest BCUT2D eigenvalue weighted by molar-refractivity contribution is 6.31. The molecule has 7 heteroatoms. The third kappa shape index (κ3) is 5.78. The molecule has 0 aromatic heterocycles. The molecule has 1 unspecified atom stereocenters. The standard InChI is InChI=1S/C24H21Cl2NO4/c1-14-11-17(25)5-9-20(14)21-10-6-18(26)12-22(21)15(2)13-31-24(30)27-19-7-3-16(4-8-19)23(28)29/h3-12,15H,13H2,1-2H3,(H,27,30)(H,28,29). The van der Waals surface area contributed by atoms with Gasteiger partial charge in [0.25, 0.3) is 0 Å². The Morgan fingerprint density at radius 2 is 1.58 bits per heavy atom. The van der Waals surface area contributed by atoms with Gasteiger partial charge in [0.2, 0.25) is 0 Å². The van der Waals surface area contributed by atoms with Crippen molar-refractivity contribution in [1.29, 1.82) is 0 Å². The molecule has 5 nitrogen and oxygen atoms in total. The van der Waals surface area contributed by atoms with Crippen LogP contribution in [0.4, 0.5) is 10.5 Å². The number of halogens is 2. The third-order valence-electron chi connectivity index (χ3n) is 4.87. The van der Waals surface area contributed by atoms with E-state index in [-0.39, 0.29) is 18.1 Å². The van der Waals surface area contributed by atoms with Gasteiger partial charge in [-0.2, -0.15) is 0 Å². The van der Waals surface area contributed by atoms with Gasteiger partial charge in [-0.3, -0.25) is 5.32 Å². The molecule has 31 heavy (non-hydrogen) atoms. The van der Waals surface area contributed by atoms with Crippen LogP contribution in [0.5, 0.6) is 0 Å². The summed E-state index contributed by atoms with van der Waals surface area (Å²) >= 11 is 12.3. The average molecular weight is 458 g/mol. The fraction of sp³-hybridized carbons (Fsp3) is 0.167. The minimum atomic E-state index is -1.03. The van der Waals surface area contributed by atoms with E-state index in [2.05, 4.69) is 5.32 Å². The fourth-order valence-corrected chi connectivity index (χ4v) is 3.66. The molecule has 160 valence electrons. The smallest absolute Gasteiger partial charge is 0.411 e. The number of carbonyl (C=O) groups excluding carboxylic acids is 1. The van der Waals surface area contributed by atoms with Gasteiger partial charge in [-0.15, -0.1) is 0 Å². The lowest BCUT2D eigenvalue weighted by Gasteiger charge is -2.19. The molecule has 3 aromatic carbocycles. The maximum Gasteiger partial charge on any atom is 0.411 e. The quantitative estimate of drug-likeness (QED) is 0.416. The zero-order valence-corrected chi connectivity index (χ0v) is 18.5. The molecular formula is C24H21Cl2NO4. The zero-order chi connectivity index (χ0) is 22.5. The van der Waals surface area contributed by atoms with Crippen molar-refractivity contribution in [3.8, 4) is 11.1 Å². The minimum absolute atomic E-state index is 0.121. The van der Waals surface area contributed by atoms with E-state index in [1.54, 1.807) is 0 Å². The summed E-state index contributed by atoms with van der Waals surface area (Å²) in [6.07, 6.45) is -0.624. The molecule has 3 rings (SSSR count). The second kappa shape index (κ2) is 9.86. The highest BCUT2D eigenvalue weighted by Gasteiger charge is 2.17. The number of amides is 1. The first-order chi connectivity index (χ1) is 14.7. The molecule has 0 heterocycles. The zero-order valence-electron chi connectivity index (χ0n) is 17.0. The minimum Gasteiger partial charge on any atom is -0.478 e. The van der Waals surface area contributed by atoms with Crippen molar-refractivity contribution in [2.45, 2.75) is 19.8 Å². The number of anilines is 1. The summed E-state index contributed by atoms with van der Waals surface area (Å²) in [6.45, 7) is 4.08. The average Bonchev–Trinajstić information content (AvgIpc) is 2.73. The lowest BCUT2D eigenvalue weighted by Crippen LogP contribution is -2.17. The Hall–Kier alpha value is -3.02. The SMILES string of the molecule is Cc1cc(Cl)ccc1-c1ccc(Cl)cc1C(C)COC(=O)Nc1ccc(C(=O)O)cc1. The first-order valence-electron chi connectivity index (χ1n) is 9.57. The van der Waals surface area contributed by atoms with Crippen molar-refractivity contribution in [3.05, 3.63) is 87.4 Å². The number of benzene rings is 3. The Morgan fingerprint density at radius 1 is 0.968 bits per heavy atom. The van der Waals surface area contributed by atoms with E-state index in [0.29, 0.717) is 15.7 Å². The van der Waals surface area contributed by atoms with Gasteiger partial charge in [0.1, 0.15) is 0 Å². The van der Waals surface area contributed by atoms with E-state index in [4.69, 9.17) is 33.0 Å². The Labute approximate surface area is 190 Å². The molecule has 0 saturated heterocycles. The predicted octanol–water partition coefficient (Wildman–Crippen LogP) is 7.02. The Bertz CT molecular complexity index is 1110. The molecule has 0 bridgehead atoms. The summed E-state index contributed by atoms with van der Waals surface area (Å²) in [6, 6.07) is 17.2. The number of aromatic carboxylic acids is 1. The number of carboxylic acids is 1. The molecule has 0 radical (unpaired) electrons. The van der Waals surface area contributed by atoms with Crippen LogP contribution in [0.2, 0.25) is 10.0 Å². The van der Waals surface area contributed by atoms with Crippen LogP contribution >= 0.6 is 23.2 Å². The van der Waals surface area contributed by atoms with Crippen LogP contribution in [0.25, 0.3) is 11.1 Å². The number of nitrogens with one attached hydrogen (secondary N) is 1. The normalized spacial score (nSPS) is 11.6. The van der Waals surface area contributed by atoms with Crippen LogP contribution in [-0.2, 0) is 4.74 Å². The maximum absolute atomic E-state index is 12.2. The first kappa shape index (κ1) is 22.7. The first-order valence-corrected chi connectivity index (χ1v) is 10.3. The van der Waals surface area contributed by atoms with E-state index in [0.717, 1.165) is 22.3 Å². The fourth-order valence-electron chi connectivity index (χ4n) is 3.26. The number of hydrogen-bond donors (Lipinski definition) is 2. The van der Waals surface area contributed by atoms with Crippen molar-refractivity contribution < 1.29 is 19.4 Å². The monoisotopic (exact) mass is 457 g/mol. The van der Waals surface area contributed by atoms with Gasteiger partial charge in [0.15, 0.2) is 0 Å². The molecule has 0 aliphatic rings. The highest BCUT2D eigenvalue weighted by Crippen LogP contribution is 2.34. The van der Waals surface area contributed by atoms with E-state index < -0.39 is 12.1 Å². The lowest BCUT2D eigenvalue weighted by atomic mass is 9.90. The number of rotatable bonds is 6. The largest absolute Gasteiger partial charge is 0.478 e. The van der Waals surface area contributed by atoms with Gasteiger partial charge in [-0.1, -0.05) is 42.3 Å². The van der Waals surface area contributed by atoms with Gasteiger partial charge >= 0.3 is 12.1 Å². The molecule has 0 aliphatic heterocycles. The van der Waals surface area contributed by atoms with Crippen molar-refractivity contribution in [2.75, 3.05) is 11.9 Å². The summed E-state index contributed by atoms with van der Waals surface area (Å²) in [5.74, 6) is -1.15. The molecular weight excluding hydrogens is 437 g/mol. The summed E-state index contributed by atoms with van der Waals surface area (Å²) in [5, 5.41) is 12.8. The molecule has 1 atom stereocenters. The molecule has 2 N–H and O–H groups in total. The summed E-state index contributed by atoms with van der Waals surface area (Å²) in [7, 11) is 0. The summed E-state index contributed by atoms with van der Waals surface area (Å²) in [4.78, 5) is 23.1. The molecule has 1 amide bonds. The second-order valence-corrected chi connectivity index (χ2v) is 8.07. The van der Waals surface area contributed by atoms with Crippen LogP contribution in [0.3, 0.4) is 0 Å². The number of carboxylic acid groups (broad SMARTS) is 1. The second-order valence-electron chi connectivity index (χ2n) is 7.20. The van der Waals surface area contributed by atoms with Crippen LogP contribution in [0, 0.1) is 6.92 Å². The molecule has 0 spiro atoms. The highest BCUT2D eigenvalue weighted by atomic mass is 35.5. The van der Waals surface area contributed by atoms with Crippen molar-refractivity contribution in [1.82, 2.24) is 0 Å². The van der Waals surface area contributed by atoms with E-state index in [1.165, 1.54) is 24.3 Å². The number of aryl methyl sites for hydroxylation is 1. The van der Waals surface area contributed by atoms with Crippen molar-refractivity contribution >= 4 is 41.0 Å². The third-order valence-corrected chi connectivity index (χ3v) is 5.34. The van der Waals surface area contributed by atoms with Crippen LogP contribution in [0.15, 0.2) is 60.7 Å². The van der Waals surface area contributed by atoms with Crippen LogP contribution in [-0.4, -0.2) is 23.8 Å². The molecule has 0 fully saturated rings. The van der Waals surface area contributed by atoms with E-state index in [1.807, 2.05) is 50.2 Å². The van der Waals surface area contributed by atoms with Gasteiger partial charge < -0.3 is 9.84 Å². The molecule has 0 saturated carbocycles. The number of carbonyl (C=O) groups is 2. The predicted molar refractivity (Wildman–Crippen MR) is 123 cm³/mol. The number of hydrogen-bond acceptors (Lipinski definition) is 3. The van der Waals surface area contributed by atoms with Crippen LogP contribution in [0.1, 0.15) is 34.3 Å². The molecule has 0 aliphatic carbocycles. The Balaban J connectivity index is 1.71. The summed E-state index contributed by atoms with van der Waals surface area (Å²) in [5.41, 5.74) is 4.61. The van der Waals surface area contributed by atoms with Crippen molar-refractivity contribution in [2.24, 2.45) is 0 Å².